The lowest BCUT2D eigenvalue weighted by molar-refractivity contribution is 0.102. The predicted octanol–water partition coefficient (Wildman–Crippen LogP) is 1.33. The number of hydrogen-bond donors (Lipinski definition) is 4. The Bertz CT molecular complexity index is 561. The van der Waals surface area contributed by atoms with Crippen molar-refractivity contribution < 1.29 is 15.0 Å². The third kappa shape index (κ3) is 2.32. The molecule has 6 heteroatoms. The molecule has 1 heterocycles. The summed E-state index contributed by atoms with van der Waals surface area (Å²) in [7, 11) is 0. The number of nitrogens with zero attached hydrogens (tertiary/aromatic N) is 1. The minimum Gasteiger partial charge on any atom is -0.507 e. The molecule has 1 aromatic carbocycles. The molecule has 0 saturated heterocycles. The maximum atomic E-state index is 11.9. The Morgan fingerprint density at radius 1 is 1.17 bits per heavy atom. The summed E-state index contributed by atoms with van der Waals surface area (Å²) in [4.78, 5) is 15.7. The van der Waals surface area contributed by atoms with Crippen molar-refractivity contribution in [3.63, 3.8) is 0 Å². The number of nitrogens with two attached hydrogens (primary N) is 1. The van der Waals surface area contributed by atoms with Gasteiger partial charge in [0.2, 0.25) is 0 Å². The minimum absolute atomic E-state index is 0.186. The average molecular weight is 245 g/mol. The molecule has 0 fully saturated rings. The van der Waals surface area contributed by atoms with Gasteiger partial charge in [-0.3, -0.25) is 4.79 Å². The van der Waals surface area contributed by atoms with Crippen molar-refractivity contribution in [2.75, 3.05) is 11.1 Å². The lowest BCUT2D eigenvalue weighted by atomic mass is 10.1. The summed E-state index contributed by atoms with van der Waals surface area (Å²) in [6, 6.07) is 7.16. The molecule has 0 atom stereocenters. The monoisotopic (exact) mass is 245 g/mol. The van der Waals surface area contributed by atoms with E-state index in [2.05, 4.69) is 10.3 Å². The molecule has 1 amide bonds. The van der Waals surface area contributed by atoms with E-state index in [0.717, 1.165) is 0 Å². The molecule has 6 nitrogen and oxygen atoms in total. The van der Waals surface area contributed by atoms with Crippen LogP contribution in [0.5, 0.6) is 11.5 Å². The number of benzene rings is 1. The molecule has 92 valence electrons. The molecular formula is C12H11N3O3. The highest BCUT2D eigenvalue weighted by Gasteiger charge is 2.15. The zero-order valence-electron chi connectivity index (χ0n) is 9.29. The van der Waals surface area contributed by atoms with E-state index in [1.54, 1.807) is 6.07 Å². The second kappa shape index (κ2) is 4.62. The van der Waals surface area contributed by atoms with Crippen LogP contribution in [0.25, 0.3) is 0 Å². The summed E-state index contributed by atoms with van der Waals surface area (Å²) in [6.45, 7) is 0. The molecule has 0 unspecified atom stereocenters. The first-order valence-electron chi connectivity index (χ1n) is 5.12. The van der Waals surface area contributed by atoms with Crippen LogP contribution in [0.4, 0.5) is 11.5 Å². The van der Waals surface area contributed by atoms with E-state index in [9.17, 15) is 15.0 Å². The first-order valence-corrected chi connectivity index (χ1v) is 5.12. The predicted molar refractivity (Wildman–Crippen MR) is 66.4 cm³/mol. The zero-order chi connectivity index (χ0) is 13.1. The van der Waals surface area contributed by atoms with Gasteiger partial charge in [0.25, 0.3) is 5.91 Å². The summed E-state index contributed by atoms with van der Waals surface area (Å²) in [5.41, 5.74) is 5.64. The van der Waals surface area contributed by atoms with E-state index >= 15 is 0 Å². The Balaban J connectivity index is 2.25. The van der Waals surface area contributed by atoms with Crippen LogP contribution in [-0.4, -0.2) is 21.1 Å². The van der Waals surface area contributed by atoms with E-state index < -0.39 is 5.91 Å². The van der Waals surface area contributed by atoms with Gasteiger partial charge in [0.05, 0.1) is 11.9 Å². The van der Waals surface area contributed by atoms with Gasteiger partial charge in [-0.1, -0.05) is 6.07 Å². The topological polar surface area (TPSA) is 108 Å². The molecule has 0 radical (unpaired) electrons. The van der Waals surface area contributed by atoms with E-state index in [1.165, 1.54) is 30.5 Å². The van der Waals surface area contributed by atoms with Gasteiger partial charge in [0, 0.05) is 0 Å². The molecule has 0 aliphatic carbocycles. The van der Waals surface area contributed by atoms with Crippen molar-refractivity contribution >= 4 is 17.4 Å². The molecule has 0 saturated carbocycles. The van der Waals surface area contributed by atoms with Gasteiger partial charge in [0.15, 0.2) is 0 Å². The Hall–Kier alpha value is -2.76. The van der Waals surface area contributed by atoms with Crippen molar-refractivity contribution in [3.05, 3.63) is 42.1 Å². The fourth-order valence-electron chi connectivity index (χ4n) is 1.43. The number of amides is 1. The highest BCUT2D eigenvalue weighted by atomic mass is 16.3. The van der Waals surface area contributed by atoms with Crippen molar-refractivity contribution in [1.82, 2.24) is 4.98 Å². The Morgan fingerprint density at radius 2 is 1.83 bits per heavy atom. The second-order valence-electron chi connectivity index (χ2n) is 3.60. The van der Waals surface area contributed by atoms with Gasteiger partial charge in [-0.05, 0) is 24.3 Å². The number of aromatic nitrogens is 1. The van der Waals surface area contributed by atoms with Crippen LogP contribution < -0.4 is 11.1 Å². The molecule has 2 aromatic rings. The van der Waals surface area contributed by atoms with Gasteiger partial charge in [-0.2, -0.15) is 0 Å². The van der Waals surface area contributed by atoms with Gasteiger partial charge >= 0.3 is 0 Å². The van der Waals surface area contributed by atoms with E-state index in [0.29, 0.717) is 11.5 Å². The Morgan fingerprint density at radius 3 is 2.39 bits per heavy atom. The largest absolute Gasteiger partial charge is 0.507 e. The highest BCUT2D eigenvalue weighted by molar-refractivity contribution is 6.07. The van der Waals surface area contributed by atoms with Crippen molar-refractivity contribution in [2.24, 2.45) is 0 Å². The van der Waals surface area contributed by atoms with Gasteiger partial charge < -0.3 is 21.3 Å². The third-order valence-corrected chi connectivity index (χ3v) is 2.29. The van der Waals surface area contributed by atoms with Crippen LogP contribution in [0.3, 0.4) is 0 Å². The zero-order valence-corrected chi connectivity index (χ0v) is 9.29. The van der Waals surface area contributed by atoms with Crippen LogP contribution in [0.1, 0.15) is 10.4 Å². The number of aromatic hydroxyl groups is 2. The maximum Gasteiger partial charge on any atom is 0.263 e. The number of hydrogen-bond acceptors (Lipinski definition) is 5. The number of rotatable bonds is 2. The quantitative estimate of drug-likeness (QED) is 0.638. The highest BCUT2D eigenvalue weighted by Crippen LogP contribution is 2.27. The second-order valence-corrected chi connectivity index (χ2v) is 3.60. The fraction of sp³-hybridized carbons (Fsp3) is 0. The number of nitrogen functional groups attached to an aromatic ring is 1. The number of carbonyl (C=O) groups excluding carboxylic acids is 1. The fourth-order valence-corrected chi connectivity index (χ4v) is 1.43. The molecule has 2 rings (SSSR count). The molecule has 0 spiro atoms. The van der Waals surface area contributed by atoms with E-state index in [-0.39, 0.29) is 17.1 Å². The first-order chi connectivity index (χ1) is 8.58. The number of phenolic OH excluding ortho intramolecular Hbond substituents is 2. The van der Waals surface area contributed by atoms with Crippen molar-refractivity contribution in [2.45, 2.75) is 0 Å². The molecule has 5 N–H and O–H groups in total. The SMILES string of the molecule is Nc1ccc(NC(=O)c2c(O)cccc2O)cn1. The van der Waals surface area contributed by atoms with Gasteiger partial charge in [0.1, 0.15) is 22.9 Å². The van der Waals surface area contributed by atoms with Crippen LogP contribution >= 0.6 is 0 Å². The number of phenols is 2. The molecule has 0 aliphatic heterocycles. The smallest absolute Gasteiger partial charge is 0.263 e. The molecule has 0 bridgehead atoms. The molecule has 1 aromatic heterocycles. The average Bonchev–Trinajstić information content (AvgIpc) is 2.32. The van der Waals surface area contributed by atoms with E-state index in [1.807, 2.05) is 0 Å². The van der Waals surface area contributed by atoms with Crippen LogP contribution in [-0.2, 0) is 0 Å². The van der Waals surface area contributed by atoms with Gasteiger partial charge in [-0.25, -0.2) is 4.98 Å². The summed E-state index contributed by atoms with van der Waals surface area (Å²) >= 11 is 0. The molecular weight excluding hydrogens is 234 g/mol. The number of pyridine rings is 1. The van der Waals surface area contributed by atoms with Crippen LogP contribution in [0.2, 0.25) is 0 Å². The normalized spacial score (nSPS) is 10.0. The summed E-state index contributed by atoms with van der Waals surface area (Å²) in [6.07, 6.45) is 1.38. The molecule has 18 heavy (non-hydrogen) atoms. The van der Waals surface area contributed by atoms with Crippen LogP contribution in [0.15, 0.2) is 36.5 Å². The molecule has 0 aliphatic rings. The lowest BCUT2D eigenvalue weighted by Crippen LogP contribution is -2.12. The van der Waals surface area contributed by atoms with Crippen molar-refractivity contribution in [3.8, 4) is 11.5 Å². The first kappa shape index (κ1) is 11.7. The lowest BCUT2D eigenvalue weighted by Gasteiger charge is -2.08. The minimum atomic E-state index is -0.628. The summed E-state index contributed by atoms with van der Waals surface area (Å²) in [5, 5.41) is 21.5. The number of nitrogens with one attached hydrogen (secondary N) is 1. The standard InChI is InChI=1S/C12H11N3O3/c13-10-5-4-7(6-14-10)15-12(18)11-8(16)2-1-3-9(11)17/h1-6,16-17H,(H2,13,14)(H,15,18). The Labute approximate surface area is 103 Å². The van der Waals surface area contributed by atoms with Crippen LogP contribution in [0, 0.1) is 0 Å². The summed E-state index contributed by atoms with van der Waals surface area (Å²) < 4.78 is 0. The van der Waals surface area contributed by atoms with Gasteiger partial charge in [-0.15, -0.1) is 0 Å². The maximum absolute atomic E-state index is 11.9. The number of carbonyl (C=O) groups is 1. The van der Waals surface area contributed by atoms with Crippen molar-refractivity contribution in [1.29, 1.82) is 0 Å². The van der Waals surface area contributed by atoms with E-state index in [4.69, 9.17) is 5.73 Å². The number of anilines is 2. The third-order valence-electron chi connectivity index (χ3n) is 2.29. The Kier molecular flexibility index (Phi) is 3.01. The summed E-state index contributed by atoms with van der Waals surface area (Å²) in [5.74, 6) is -0.887.